The van der Waals surface area contributed by atoms with E-state index in [1.165, 1.54) is 38.5 Å². The molecule has 2 heterocycles. The molecule has 0 spiro atoms. The second kappa shape index (κ2) is 15.2. The Hall–Kier alpha value is -8.47. The van der Waals surface area contributed by atoms with Crippen LogP contribution in [-0.4, -0.2) is 19.5 Å². The van der Waals surface area contributed by atoms with Gasteiger partial charge in [-0.2, -0.15) is 0 Å². The van der Waals surface area contributed by atoms with Crippen LogP contribution in [0.1, 0.15) is 0 Å². The highest BCUT2D eigenvalue weighted by Crippen LogP contribution is 2.38. The highest BCUT2D eigenvalue weighted by atomic mass is 15.0. The van der Waals surface area contributed by atoms with Gasteiger partial charge in [0.1, 0.15) is 0 Å². The molecule has 0 radical (unpaired) electrons. The standard InChI is InChI=1S/C59H38N4/c1-3-15-40(16-4-1)47-19-7-10-24-53(47)58-60-57(61-59(62-58)54-36-35-48(41-17-5-2-6-18-41)49-20-8-9-21-50(49)54)45-30-29-43-37-42(27-28-44(43)38-45)39-31-33-46(34-32-39)63-55-25-13-11-22-51(55)52-23-12-14-26-56(52)63/h1-38H. The van der Waals surface area contributed by atoms with Gasteiger partial charge >= 0.3 is 0 Å². The molecule has 10 aromatic carbocycles. The summed E-state index contributed by atoms with van der Waals surface area (Å²) in [7, 11) is 0. The minimum absolute atomic E-state index is 0.626. The Morgan fingerprint density at radius 3 is 1.35 bits per heavy atom. The molecule has 2 aromatic heterocycles. The smallest absolute Gasteiger partial charge is 0.164 e. The molecule has 4 heteroatoms. The summed E-state index contributed by atoms with van der Waals surface area (Å²) >= 11 is 0. The maximum atomic E-state index is 5.27. The van der Waals surface area contributed by atoms with Gasteiger partial charge in [0.05, 0.1) is 11.0 Å². The van der Waals surface area contributed by atoms with E-state index in [0.717, 1.165) is 60.6 Å². The Balaban J connectivity index is 0.954. The lowest BCUT2D eigenvalue weighted by atomic mass is 9.94. The summed E-state index contributed by atoms with van der Waals surface area (Å²) in [5, 5.41) is 7.03. The van der Waals surface area contributed by atoms with Crippen LogP contribution in [0.4, 0.5) is 0 Å². The largest absolute Gasteiger partial charge is 0.309 e. The van der Waals surface area contributed by atoms with Crippen molar-refractivity contribution in [3.63, 3.8) is 0 Å². The van der Waals surface area contributed by atoms with Crippen molar-refractivity contribution in [2.45, 2.75) is 0 Å². The molecule has 0 saturated heterocycles. The van der Waals surface area contributed by atoms with Crippen molar-refractivity contribution >= 4 is 43.4 Å². The topological polar surface area (TPSA) is 43.6 Å². The summed E-state index contributed by atoms with van der Waals surface area (Å²) in [5.74, 6) is 1.89. The zero-order chi connectivity index (χ0) is 41.7. The maximum absolute atomic E-state index is 5.27. The van der Waals surface area contributed by atoms with E-state index >= 15 is 0 Å². The third-order valence-corrected chi connectivity index (χ3v) is 12.3. The number of hydrogen-bond acceptors (Lipinski definition) is 3. The quantitative estimate of drug-likeness (QED) is 0.161. The minimum atomic E-state index is 0.626. The van der Waals surface area contributed by atoms with E-state index in [1.807, 2.05) is 6.07 Å². The van der Waals surface area contributed by atoms with Gasteiger partial charge in [0, 0.05) is 33.2 Å². The lowest BCUT2D eigenvalue weighted by Gasteiger charge is -2.14. The molecule has 0 amide bonds. The number of nitrogens with zero attached hydrogens (tertiary/aromatic N) is 4. The molecule has 0 unspecified atom stereocenters. The number of para-hydroxylation sites is 2. The summed E-state index contributed by atoms with van der Waals surface area (Å²) in [5.41, 5.74) is 13.3. The Morgan fingerprint density at radius 1 is 0.254 bits per heavy atom. The van der Waals surface area contributed by atoms with Crippen LogP contribution in [-0.2, 0) is 0 Å². The first-order valence-electron chi connectivity index (χ1n) is 21.4. The van der Waals surface area contributed by atoms with Crippen LogP contribution in [0, 0.1) is 0 Å². The summed E-state index contributed by atoms with van der Waals surface area (Å²) < 4.78 is 2.36. The number of benzene rings is 10. The Bertz CT molecular complexity index is 3610. The van der Waals surface area contributed by atoms with Gasteiger partial charge in [0.15, 0.2) is 17.5 Å². The molecule has 0 atom stereocenters. The van der Waals surface area contributed by atoms with Gasteiger partial charge < -0.3 is 4.57 Å². The fraction of sp³-hybridized carbons (Fsp3) is 0. The zero-order valence-electron chi connectivity index (χ0n) is 34.2. The summed E-state index contributed by atoms with van der Waals surface area (Å²) in [6.45, 7) is 0. The van der Waals surface area contributed by atoms with Crippen LogP contribution in [0.5, 0.6) is 0 Å². The van der Waals surface area contributed by atoms with E-state index in [4.69, 9.17) is 15.0 Å². The van der Waals surface area contributed by atoms with Crippen LogP contribution >= 0.6 is 0 Å². The Morgan fingerprint density at radius 2 is 0.698 bits per heavy atom. The Labute approximate surface area is 365 Å². The van der Waals surface area contributed by atoms with E-state index in [9.17, 15) is 0 Å². The molecular formula is C59H38N4. The van der Waals surface area contributed by atoms with Gasteiger partial charge in [0.25, 0.3) is 0 Å². The van der Waals surface area contributed by atoms with Gasteiger partial charge in [-0.3, -0.25) is 0 Å². The molecule has 0 aliphatic carbocycles. The molecule has 0 aliphatic rings. The minimum Gasteiger partial charge on any atom is -0.309 e. The van der Waals surface area contributed by atoms with Crippen molar-refractivity contribution in [2.75, 3.05) is 0 Å². The summed E-state index contributed by atoms with van der Waals surface area (Å²) in [6.07, 6.45) is 0. The highest BCUT2D eigenvalue weighted by Gasteiger charge is 2.19. The van der Waals surface area contributed by atoms with Crippen LogP contribution in [0.2, 0.25) is 0 Å². The fourth-order valence-corrected chi connectivity index (χ4v) is 9.23. The predicted octanol–water partition coefficient (Wildman–Crippen LogP) is 15.3. The molecule has 294 valence electrons. The van der Waals surface area contributed by atoms with Gasteiger partial charge in [-0.1, -0.05) is 188 Å². The van der Waals surface area contributed by atoms with Gasteiger partial charge in [0.2, 0.25) is 0 Å². The van der Waals surface area contributed by atoms with Crippen molar-refractivity contribution in [3.05, 3.63) is 231 Å². The second-order valence-electron chi connectivity index (χ2n) is 16.0. The van der Waals surface area contributed by atoms with Crippen molar-refractivity contribution in [3.8, 4) is 73.2 Å². The van der Waals surface area contributed by atoms with Crippen LogP contribution in [0.25, 0.3) is 117 Å². The summed E-state index contributed by atoms with van der Waals surface area (Å²) in [6, 6.07) is 81.7. The normalized spacial score (nSPS) is 11.5. The first-order chi connectivity index (χ1) is 31.2. The average Bonchev–Trinajstić information content (AvgIpc) is 3.70. The van der Waals surface area contributed by atoms with Crippen molar-refractivity contribution < 1.29 is 0 Å². The molecule has 4 nitrogen and oxygen atoms in total. The van der Waals surface area contributed by atoms with Crippen LogP contribution in [0.15, 0.2) is 231 Å². The monoisotopic (exact) mass is 802 g/mol. The molecule has 0 saturated carbocycles. The van der Waals surface area contributed by atoms with Crippen molar-refractivity contribution in [2.24, 2.45) is 0 Å². The van der Waals surface area contributed by atoms with E-state index in [-0.39, 0.29) is 0 Å². The third kappa shape index (κ3) is 6.44. The molecule has 0 bridgehead atoms. The average molecular weight is 803 g/mol. The van der Waals surface area contributed by atoms with Crippen molar-refractivity contribution in [1.29, 1.82) is 0 Å². The van der Waals surface area contributed by atoms with Gasteiger partial charge in [-0.15, -0.1) is 0 Å². The SMILES string of the molecule is c1ccc(-c2ccccc2-c2nc(-c3ccc4cc(-c5ccc(-n6c7ccccc7c7ccccc76)cc5)ccc4c3)nc(-c3ccc(-c4ccccc4)c4ccccc34)n2)cc1. The van der Waals surface area contributed by atoms with E-state index in [2.05, 4.69) is 229 Å². The van der Waals surface area contributed by atoms with E-state index in [1.54, 1.807) is 0 Å². The Kier molecular flexibility index (Phi) is 8.79. The molecule has 0 N–H and O–H groups in total. The number of hydrogen-bond donors (Lipinski definition) is 0. The first-order valence-corrected chi connectivity index (χ1v) is 21.4. The highest BCUT2D eigenvalue weighted by molar-refractivity contribution is 6.09. The zero-order valence-corrected chi connectivity index (χ0v) is 34.2. The molecule has 0 fully saturated rings. The van der Waals surface area contributed by atoms with Gasteiger partial charge in [-0.25, -0.2) is 15.0 Å². The third-order valence-electron chi connectivity index (χ3n) is 12.3. The molecule has 12 aromatic rings. The second-order valence-corrected chi connectivity index (χ2v) is 16.0. The number of fused-ring (bicyclic) bond motifs is 5. The lowest BCUT2D eigenvalue weighted by Crippen LogP contribution is -2.01. The van der Waals surface area contributed by atoms with Gasteiger partial charge in [-0.05, 0) is 97.4 Å². The molecule has 12 rings (SSSR count). The first kappa shape index (κ1) is 36.4. The molecule has 63 heavy (non-hydrogen) atoms. The van der Waals surface area contributed by atoms with Crippen molar-refractivity contribution in [1.82, 2.24) is 19.5 Å². The van der Waals surface area contributed by atoms with E-state index < -0.39 is 0 Å². The van der Waals surface area contributed by atoms with Crippen LogP contribution < -0.4 is 0 Å². The number of rotatable bonds is 7. The summed E-state index contributed by atoms with van der Waals surface area (Å²) in [4.78, 5) is 15.8. The molecular weight excluding hydrogens is 765 g/mol. The fourth-order valence-electron chi connectivity index (χ4n) is 9.23. The van der Waals surface area contributed by atoms with Crippen LogP contribution in [0.3, 0.4) is 0 Å². The number of aromatic nitrogens is 4. The van der Waals surface area contributed by atoms with E-state index in [0.29, 0.717) is 17.5 Å². The predicted molar refractivity (Wildman–Crippen MR) is 262 cm³/mol. The lowest BCUT2D eigenvalue weighted by molar-refractivity contribution is 1.08. The maximum Gasteiger partial charge on any atom is 0.164 e. The molecule has 0 aliphatic heterocycles.